The Morgan fingerprint density at radius 3 is 2.23 bits per heavy atom. The number of imide groups is 1. The lowest BCUT2D eigenvalue weighted by Crippen LogP contribution is -2.34. The molecule has 1 unspecified atom stereocenters. The lowest BCUT2D eigenvalue weighted by molar-refractivity contribution is 0.0571. The quantitative estimate of drug-likeness (QED) is 0.623. The first-order valence-corrected chi connectivity index (χ1v) is 8.37. The molecule has 0 saturated carbocycles. The fourth-order valence-corrected chi connectivity index (χ4v) is 3.57. The average Bonchev–Trinajstić information content (AvgIpc) is 3.02. The van der Waals surface area contributed by atoms with Gasteiger partial charge in [-0.3, -0.25) is 14.5 Å². The molecule has 0 bridgehead atoms. The van der Waals surface area contributed by atoms with Gasteiger partial charge in [-0.2, -0.15) is 0 Å². The van der Waals surface area contributed by atoms with E-state index in [-0.39, 0.29) is 17.9 Å². The number of aromatic nitrogens is 2. The van der Waals surface area contributed by atoms with Gasteiger partial charge in [-0.05, 0) is 47.6 Å². The standard InChI is InChI=1S/C16H16IN3O2/c1-3-11-13(17)19-14(18-11)12(4-2)20-15(21)9-7-5-6-8-10(9)16(20)22/h5-8,12H,3-4H2,1-2H3,(H,18,19). The van der Waals surface area contributed by atoms with E-state index in [2.05, 4.69) is 32.6 Å². The molecule has 1 N–H and O–H groups in total. The van der Waals surface area contributed by atoms with Crippen LogP contribution in [-0.4, -0.2) is 26.7 Å². The Morgan fingerprint density at radius 1 is 1.18 bits per heavy atom. The second kappa shape index (κ2) is 5.83. The third-order valence-electron chi connectivity index (χ3n) is 3.92. The van der Waals surface area contributed by atoms with Gasteiger partial charge in [0.25, 0.3) is 11.8 Å². The summed E-state index contributed by atoms with van der Waals surface area (Å²) in [6.45, 7) is 3.99. The van der Waals surface area contributed by atoms with E-state index in [1.807, 2.05) is 13.8 Å². The number of nitrogens with zero attached hydrogens (tertiary/aromatic N) is 2. The molecule has 1 aromatic carbocycles. The molecule has 5 nitrogen and oxygen atoms in total. The van der Waals surface area contributed by atoms with Crippen LogP contribution in [0.25, 0.3) is 0 Å². The van der Waals surface area contributed by atoms with E-state index in [4.69, 9.17) is 0 Å². The number of H-pyrrole nitrogens is 1. The minimum atomic E-state index is -0.360. The third kappa shape index (κ3) is 2.25. The molecule has 0 saturated heterocycles. The monoisotopic (exact) mass is 409 g/mol. The maximum atomic E-state index is 12.6. The highest BCUT2D eigenvalue weighted by atomic mass is 127. The highest BCUT2D eigenvalue weighted by molar-refractivity contribution is 14.1. The summed E-state index contributed by atoms with van der Waals surface area (Å²) in [6.07, 6.45) is 1.44. The van der Waals surface area contributed by atoms with Gasteiger partial charge in [0.05, 0.1) is 22.9 Å². The number of benzene rings is 1. The number of hydrogen-bond acceptors (Lipinski definition) is 3. The zero-order chi connectivity index (χ0) is 15.9. The van der Waals surface area contributed by atoms with Crippen LogP contribution >= 0.6 is 22.6 Å². The largest absolute Gasteiger partial charge is 0.335 e. The topological polar surface area (TPSA) is 66.1 Å². The first kappa shape index (κ1) is 15.2. The van der Waals surface area contributed by atoms with Crippen molar-refractivity contribution in [3.63, 3.8) is 0 Å². The minimum absolute atomic E-state index is 0.239. The van der Waals surface area contributed by atoms with Gasteiger partial charge in [-0.1, -0.05) is 26.0 Å². The maximum Gasteiger partial charge on any atom is 0.262 e. The Labute approximate surface area is 142 Å². The molecular formula is C16H16IN3O2. The zero-order valence-corrected chi connectivity index (χ0v) is 14.5. The normalized spacial score (nSPS) is 15.3. The third-order valence-corrected chi connectivity index (χ3v) is 4.81. The number of aromatic amines is 1. The van der Waals surface area contributed by atoms with E-state index >= 15 is 0 Å². The van der Waals surface area contributed by atoms with E-state index < -0.39 is 0 Å². The van der Waals surface area contributed by atoms with Crippen LogP contribution in [-0.2, 0) is 6.42 Å². The van der Waals surface area contributed by atoms with Crippen molar-refractivity contribution in [2.75, 3.05) is 0 Å². The number of amides is 2. The molecular weight excluding hydrogens is 393 g/mol. The summed E-state index contributed by atoms with van der Waals surface area (Å²) >= 11 is 2.20. The summed E-state index contributed by atoms with van der Waals surface area (Å²) in [5, 5.41) is 0. The van der Waals surface area contributed by atoms with Gasteiger partial charge in [-0.25, -0.2) is 4.98 Å². The van der Waals surface area contributed by atoms with Gasteiger partial charge in [0.15, 0.2) is 0 Å². The SMILES string of the molecule is CCc1nc(C(CC)N2C(=O)c3ccccc3C2=O)[nH]c1I. The number of fused-ring (bicyclic) bond motifs is 1. The molecule has 114 valence electrons. The zero-order valence-electron chi connectivity index (χ0n) is 12.4. The molecule has 0 fully saturated rings. The van der Waals surface area contributed by atoms with Gasteiger partial charge >= 0.3 is 0 Å². The first-order chi connectivity index (χ1) is 10.6. The summed E-state index contributed by atoms with van der Waals surface area (Å²) < 4.78 is 0.963. The molecule has 2 heterocycles. The van der Waals surface area contributed by atoms with E-state index in [9.17, 15) is 9.59 Å². The van der Waals surface area contributed by atoms with E-state index in [1.165, 1.54) is 4.90 Å². The fourth-order valence-electron chi connectivity index (χ4n) is 2.79. The summed E-state index contributed by atoms with van der Waals surface area (Å²) in [7, 11) is 0. The van der Waals surface area contributed by atoms with E-state index in [0.29, 0.717) is 23.4 Å². The molecule has 2 amide bonds. The van der Waals surface area contributed by atoms with Crippen molar-refractivity contribution in [3.8, 4) is 0 Å². The van der Waals surface area contributed by atoms with Crippen LogP contribution in [0.1, 0.15) is 58.5 Å². The van der Waals surface area contributed by atoms with Gasteiger partial charge in [0, 0.05) is 0 Å². The summed E-state index contributed by atoms with van der Waals surface area (Å²) in [5.74, 6) is 0.201. The number of halogens is 1. The van der Waals surface area contributed by atoms with Gasteiger partial charge in [-0.15, -0.1) is 0 Å². The molecule has 22 heavy (non-hydrogen) atoms. The lowest BCUT2D eigenvalue weighted by Gasteiger charge is -2.23. The van der Waals surface area contributed by atoms with Gasteiger partial charge < -0.3 is 4.98 Å². The van der Waals surface area contributed by atoms with E-state index in [0.717, 1.165) is 15.8 Å². The number of imidazole rings is 1. The molecule has 3 rings (SSSR count). The molecule has 1 aromatic heterocycles. The molecule has 1 aliphatic heterocycles. The van der Waals surface area contributed by atoms with Crippen LogP contribution < -0.4 is 0 Å². The molecule has 1 atom stereocenters. The number of hydrogen-bond donors (Lipinski definition) is 1. The van der Waals surface area contributed by atoms with Crippen LogP contribution in [0.4, 0.5) is 0 Å². The molecule has 1 aliphatic rings. The van der Waals surface area contributed by atoms with Crippen molar-refractivity contribution in [3.05, 3.63) is 50.6 Å². The molecule has 2 aromatic rings. The van der Waals surface area contributed by atoms with Crippen LogP contribution in [0, 0.1) is 3.70 Å². The van der Waals surface area contributed by atoms with Crippen LogP contribution in [0.15, 0.2) is 24.3 Å². The Balaban J connectivity index is 2.02. The smallest absolute Gasteiger partial charge is 0.262 e. The Kier molecular flexibility index (Phi) is 4.03. The van der Waals surface area contributed by atoms with Crippen LogP contribution in [0.3, 0.4) is 0 Å². The number of rotatable bonds is 4. The molecule has 0 radical (unpaired) electrons. The highest BCUT2D eigenvalue weighted by Crippen LogP contribution is 2.32. The summed E-state index contributed by atoms with van der Waals surface area (Å²) in [5.41, 5.74) is 1.91. The van der Waals surface area contributed by atoms with Crippen molar-refractivity contribution in [1.82, 2.24) is 14.9 Å². The Hall–Kier alpha value is -1.70. The van der Waals surface area contributed by atoms with Gasteiger partial charge in [0.2, 0.25) is 0 Å². The van der Waals surface area contributed by atoms with Crippen molar-refractivity contribution in [2.24, 2.45) is 0 Å². The average molecular weight is 409 g/mol. The minimum Gasteiger partial charge on any atom is -0.335 e. The summed E-state index contributed by atoms with van der Waals surface area (Å²) in [6, 6.07) is 6.59. The predicted octanol–water partition coefficient (Wildman–Crippen LogP) is 3.32. The van der Waals surface area contributed by atoms with Crippen molar-refractivity contribution >= 4 is 34.4 Å². The van der Waals surface area contributed by atoms with E-state index in [1.54, 1.807) is 24.3 Å². The first-order valence-electron chi connectivity index (χ1n) is 7.29. The number of carbonyl (C=O) groups is 2. The molecule has 0 aliphatic carbocycles. The molecule has 6 heteroatoms. The molecule has 0 spiro atoms. The van der Waals surface area contributed by atoms with Crippen molar-refractivity contribution in [1.29, 1.82) is 0 Å². The predicted molar refractivity (Wildman–Crippen MR) is 90.7 cm³/mol. The second-order valence-electron chi connectivity index (χ2n) is 5.19. The summed E-state index contributed by atoms with van der Waals surface area (Å²) in [4.78, 5) is 34.3. The fraction of sp³-hybridized carbons (Fsp3) is 0.312. The van der Waals surface area contributed by atoms with Crippen molar-refractivity contribution in [2.45, 2.75) is 32.7 Å². The van der Waals surface area contributed by atoms with Gasteiger partial charge in [0.1, 0.15) is 9.53 Å². The number of carbonyl (C=O) groups excluding carboxylic acids is 2. The number of nitrogens with one attached hydrogen (secondary N) is 1. The van der Waals surface area contributed by atoms with Crippen LogP contribution in [0.5, 0.6) is 0 Å². The maximum absolute atomic E-state index is 12.6. The van der Waals surface area contributed by atoms with Crippen molar-refractivity contribution < 1.29 is 9.59 Å². The highest BCUT2D eigenvalue weighted by Gasteiger charge is 2.40. The Morgan fingerprint density at radius 2 is 1.77 bits per heavy atom. The van der Waals surface area contributed by atoms with Crippen LogP contribution in [0.2, 0.25) is 0 Å². The Bertz CT molecular complexity index is 719. The number of aryl methyl sites for hydroxylation is 1. The second-order valence-corrected chi connectivity index (χ2v) is 6.26. The lowest BCUT2D eigenvalue weighted by atomic mass is 10.1.